The maximum atomic E-state index is 14.5. The van der Waals surface area contributed by atoms with Crippen molar-refractivity contribution in [3.8, 4) is 0 Å². The van der Waals surface area contributed by atoms with E-state index in [1.54, 1.807) is 16.7 Å². The SMILES string of the molecule is CCCC(C)NC(=O)C1N([C@@H](CO)Cc2ccccc2)C(=O)[C@@H]2[C@@H](C(=O)NCc3ccccc3)[C@@]3(C)CCC12S3. The Balaban J connectivity index is 1.49. The third kappa shape index (κ3) is 5.05. The number of likely N-dealkylation sites (tertiary alicyclic amines) is 1. The predicted octanol–water partition coefficient (Wildman–Crippen LogP) is 3.69. The van der Waals surface area contributed by atoms with E-state index in [1.165, 1.54) is 0 Å². The number of carbonyl (C=O) groups is 3. The lowest BCUT2D eigenvalue weighted by molar-refractivity contribution is -0.143. The van der Waals surface area contributed by atoms with Gasteiger partial charge in [-0.25, -0.2) is 0 Å². The zero-order valence-corrected chi connectivity index (χ0v) is 24.5. The van der Waals surface area contributed by atoms with Crippen LogP contribution in [-0.4, -0.2) is 62.0 Å². The Kier molecular flexibility index (Phi) is 8.30. The van der Waals surface area contributed by atoms with E-state index >= 15 is 0 Å². The second kappa shape index (κ2) is 11.6. The van der Waals surface area contributed by atoms with Crippen LogP contribution in [-0.2, 0) is 27.3 Å². The van der Waals surface area contributed by atoms with Crippen LogP contribution in [0.2, 0.25) is 0 Å². The van der Waals surface area contributed by atoms with Crippen LogP contribution in [0.5, 0.6) is 0 Å². The van der Waals surface area contributed by atoms with Gasteiger partial charge in [0.25, 0.3) is 0 Å². The van der Waals surface area contributed by atoms with Crippen LogP contribution in [0.25, 0.3) is 0 Å². The second-order valence-electron chi connectivity index (χ2n) is 11.9. The average molecular weight is 564 g/mol. The zero-order chi connectivity index (χ0) is 28.5. The number of thioether (sulfide) groups is 1. The lowest BCUT2D eigenvalue weighted by Crippen LogP contribution is -2.58. The molecule has 0 radical (unpaired) electrons. The highest BCUT2D eigenvalue weighted by molar-refractivity contribution is 8.02. The molecule has 1 spiro atoms. The molecule has 3 amide bonds. The number of benzene rings is 2. The van der Waals surface area contributed by atoms with E-state index in [0.29, 0.717) is 19.4 Å². The number of hydrogen-bond donors (Lipinski definition) is 3. The van der Waals surface area contributed by atoms with Gasteiger partial charge in [-0.15, -0.1) is 11.8 Å². The maximum absolute atomic E-state index is 14.5. The van der Waals surface area contributed by atoms with Crippen LogP contribution in [0.4, 0.5) is 0 Å². The van der Waals surface area contributed by atoms with Crippen molar-refractivity contribution in [1.82, 2.24) is 15.5 Å². The zero-order valence-electron chi connectivity index (χ0n) is 23.6. The molecule has 3 aliphatic rings. The molecule has 3 heterocycles. The fraction of sp³-hybridized carbons (Fsp3) is 0.531. The van der Waals surface area contributed by atoms with Crippen molar-refractivity contribution >= 4 is 29.5 Å². The number of aliphatic hydroxyl groups excluding tert-OH is 1. The van der Waals surface area contributed by atoms with Crippen molar-refractivity contribution in [2.75, 3.05) is 6.61 Å². The Morgan fingerprint density at radius 1 is 1.05 bits per heavy atom. The summed E-state index contributed by atoms with van der Waals surface area (Å²) in [5.74, 6) is -1.66. The molecule has 2 bridgehead atoms. The first-order valence-electron chi connectivity index (χ1n) is 14.5. The molecule has 0 aliphatic carbocycles. The van der Waals surface area contributed by atoms with Gasteiger partial charge in [-0.2, -0.15) is 0 Å². The number of nitrogens with one attached hydrogen (secondary N) is 2. The molecule has 3 N–H and O–H groups in total. The minimum absolute atomic E-state index is 0.0317. The summed E-state index contributed by atoms with van der Waals surface area (Å²) in [7, 11) is 0. The number of hydrogen-bond acceptors (Lipinski definition) is 5. The molecule has 0 aromatic heterocycles. The smallest absolute Gasteiger partial charge is 0.244 e. The van der Waals surface area contributed by atoms with Crippen LogP contribution in [0.15, 0.2) is 60.7 Å². The molecule has 3 unspecified atom stereocenters. The van der Waals surface area contributed by atoms with Crippen molar-refractivity contribution in [3.05, 3.63) is 71.8 Å². The highest BCUT2D eigenvalue weighted by atomic mass is 32.2. The molecule has 8 heteroatoms. The number of fused-ring (bicyclic) bond motifs is 1. The van der Waals surface area contributed by atoms with E-state index in [-0.39, 0.29) is 30.4 Å². The van der Waals surface area contributed by atoms with Crippen LogP contribution < -0.4 is 10.6 Å². The van der Waals surface area contributed by atoms with E-state index in [4.69, 9.17) is 0 Å². The molecule has 2 aromatic carbocycles. The van der Waals surface area contributed by atoms with Crippen LogP contribution >= 0.6 is 11.8 Å². The summed E-state index contributed by atoms with van der Waals surface area (Å²) in [5.41, 5.74) is 1.99. The lowest BCUT2D eigenvalue weighted by atomic mass is 9.66. The Labute approximate surface area is 241 Å². The minimum atomic E-state index is -0.746. The Morgan fingerprint density at radius 2 is 1.70 bits per heavy atom. The van der Waals surface area contributed by atoms with Gasteiger partial charge in [0.2, 0.25) is 17.7 Å². The standard InChI is InChI=1S/C32H41N3O4S/c1-4-11-21(2)34-29(38)27-32-17-16-31(3,40-32)25(28(37)33-19-23-14-9-6-10-15-23)26(32)30(39)35(27)24(20-36)18-22-12-7-5-8-13-22/h5-10,12-15,21,24-27,36H,4,11,16-20H2,1-3H3,(H,33,37)(H,34,38)/t21?,24-,25+,26+,27?,31-,32?/m1/s1. The van der Waals surface area contributed by atoms with Crippen LogP contribution in [0.3, 0.4) is 0 Å². The number of amides is 3. The van der Waals surface area contributed by atoms with Crippen LogP contribution in [0, 0.1) is 11.8 Å². The quantitative estimate of drug-likeness (QED) is 0.387. The normalized spacial score (nSPS) is 30.1. The van der Waals surface area contributed by atoms with Gasteiger partial charge in [0.05, 0.1) is 29.2 Å². The molecule has 214 valence electrons. The van der Waals surface area contributed by atoms with Gasteiger partial charge in [0, 0.05) is 17.3 Å². The van der Waals surface area contributed by atoms with Gasteiger partial charge in [0.1, 0.15) is 6.04 Å². The van der Waals surface area contributed by atoms with Gasteiger partial charge in [0.15, 0.2) is 0 Å². The third-order valence-corrected chi connectivity index (χ3v) is 11.1. The minimum Gasteiger partial charge on any atom is -0.394 e. The molecule has 7 atom stereocenters. The highest BCUT2D eigenvalue weighted by Gasteiger charge is 2.77. The number of nitrogens with zero attached hydrogens (tertiary/aromatic N) is 1. The summed E-state index contributed by atoms with van der Waals surface area (Å²) in [6.45, 7) is 6.28. The first kappa shape index (κ1) is 28.7. The molecule has 3 aliphatic heterocycles. The first-order valence-corrected chi connectivity index (χ1v) is 15.3. The molecule has 3 fully saturated rings. The van der Waals surface area contributed by atoms with E-state index in [2.05, 4.69) is 24.5 Å². The van der Waals surface area contributed by atoms with Gasteiger partial charge in [-0.3, -0.25) is 14.4 Å². The van der Waals surface area contributed by atoms with Gasteiger partial charge >= 0.3 is 0 Å². The number of carbonyl (C=O) groups excluding carboxylic acids is 3. The van der Waals surface area contributed by atoms with Crippen LogP contribution in [0.1, 0.15) is 57.6 Å². The number of rotatable bonds is 11. The third-order valence-electron chi connectivity index (χ3n) is 9.08. The topological polar surface area (TPSA) is 98.7 Å². The summed E-state index contributed by atoms with van der Waals surface area (Å²) in [5, 5.41) is 16.9. The second-order valence-corrected chi connectivity index (χ2v) is 13.8. The lowest BCUT2D eigenvalue weighted by Gasteiger charge is -2.37. The Morgan fingerprint density at radius 3 is 2.33 bits per heavy atom. The molecule has 3 saturated heterocycles. The Hall–Kier alpha value is -2.84. The first-order chi connectivity index (χ1) is 19.2. The molecule has 2 aromatic rings. The summed E-state index contributed by atoms with van der Waals surface area (Å²) in [4.78, 5) is 44.0. The van der Waals surface area contributed by atoms with Gasteiger partial charge in [-0.1, -0.05) is 74.0 Å². The molecule has 7 nitrogen and oxygen atoms in total. The van der Waals surface area contributed by atoms with Crippen molar-refractivity contribution in [1.29, 1.82) is 0 Å². The molecule has 5 rings (SSSR count). The summed E-state index contributed by atoms with van der Waals surface area (Å²) in [6, 6.07) is 18.2. The van der Waals surface area contributed by atoms with Crippen molar-refractivity contribution in [3.63, 3.8) is 0 Å². The molecular formula is C32H41N3O4S. The van der Waals surface area contributed by atoms with E-state index in [1.807, 2.05) is 67.6 Å². The fourth-order valence-electron chi connectivity index (χ4n) is 7.32. The van der Waals surface area contributed by atoms with E-state index in [9.17, 15) is 19.5 Å². The largest absolute Gasteiger partial charge is 0.394 e. The van der Waals surface area contributed by atoms with Crippen molar-refractivity contribution in [2.24, 2.45) is 11.8 Å². The fourth-order valence-corrected chi connectivity index (χ4v) is 9.66. The highest BCUT2D eigenvalue weighted by Crippen LogP contribution is 2.71. The monoisotopic (exact) mass is 563 g/mol. The molecule has 40 heavy (non-hydrogen) atoms. The number of aliphatic hydroxyl groups is 1. The van der Waals surface area contributed by atoms with E-state index in [0.717, 1.165) is 30.4 Å². The Bertz CT molecular complexity index is 1230. The van der Waals surface area contributed by atoms with Gasteiger partial charge < -0.3 is 20.6 Å². The van der Waals surface area contributed by atoms with Crippen molar-refractivity contribution in [2.45, 2.75) is 87.0 Å². The molecular weight excluding hydrogens is 522 g/mol. The van der Waals surface area contributed by atoms with E-state index < -0.39 is 33.4 Å². The van der Waals surface area contributed by atoms with Gasteiger partial charge in [-0.05, 0) is 50.7 Å². The summed E-state index contributed by atoms with van der Waals surface area (Å²) < 4.78 is -1.14. The summed E-state index contributed by atoms with van der Waals surface area (Å²) >= 11 is 1.66. The van der Waals surface area contributed by atoms with Crippen molar-refractivity contribution < 1.29 is 19.5 Å². The predicted molar refractivity (Wildman–Crippen MR) is 157 cm³/mol. The maximum Gasteiger partial charge on any atom is 0.244 e. The molecule has 0 saturated carbocycles. The average Bonchev–Trinajstić information content (AvgIpc) is 3.52. The summed E-state index contributed by atoms with van der Waals surface area (Å²) in [6.07, 6.45) is 3.66.